The van der Waals surface area contributed by atoms with Crippen molar-refractivity contribution in [3.8, 4) is 5.75 Å². The highest BCUT2D eigenvalue weighted by molar-refractivity contribution is 6.51. The zero-order chi connectivity index (χ0) is 26.5. The number of aliphatic hydroxyl groups is 1. The molecule has 1 saturated heterocycles. The average molecular weight is 520 g/mol. The second-order valence-electron chi connectivity index (χ2n) is 10.4. The molecule has 0 spiro atoms. The number of Topliss-reactive ketones (excluding diaryl/α,β-unsaturated/α-hetero) is 1. The van der Waals surface area contributed by atoms with E-state index in [-0.39, 0.29) is 27.5 Å². The molecule has 1 unspecified atom stereocenters. The van der Waals surface area contributed by atoms with E-state index in [2.05, 4.69) is 20.8 Å². The normalized spacial score (nSPS) is 19.1. The summed E-state index contributed by atoms with van der Waals surface area (Å²) in [5.41, 5.74) is 3.19. The number of nitrogens with zero attached hydrogens (tertiary/aromatic N) is 1. The number of fused-ring (bicyclic) bond motifs is 1. The molecule has 1 amide bonds. The Balaban J connectivity index is 1.69. The van der Waals surface area contributed by atoms with Crippen LogP contribution in [0.25, 0.3) is 5.76 Å². The van der Waals surface area contributed by atoms with Crippen LogP contribution in [0.3, 0.4) is 0 Å². The van der Waals surface area contributed by atoms with E-state index in [1.807, 2.05) is 24.3 Å². The van der Waals surface area contributed by atoms with Crippen LogP contribution in [0.4, 0.5) is 10.1 Å². The number of carbonyl (C=O) groups is 2. The zero-order valence-corrected chi connectivity index (χ0v) is 21.6. The molecule has 1 fully saturated rings. The highest BCUT2D eigenvalue weighted by atomic mass is 35.5. The lowest BCUT2D eigenvalue weighted by molar-refractivity contribution is -0.132. The summed E-state index contributed by atoms with van der Waals surface area (Å²) in [5, 5.41) is 11.3. The Morgan fingerprint density at radius 2 is 1.78 bits per heavy atom. The van der Waals surface area contributed by atoms with Crippen molar-refractivity contribution >= 4 is 34.7 Å². The maximum absolute atomic E-state index is 13.9. The van der Waals surface area contributed by atoms with Crippen molar-refractivity contribution in [2.45, 2.75) is 45.1 Å². The number of hydrogen-bond acceptors (Lipinski definition) is 4. The second kappa shape index (κ2) is 9.34. The molecule has 2 aliphatic rings. The molecule has 3 aromatic carbocycles. The van der Waals surface area contributed by atoms with Gasteiger partial charge in [-0.1, -0.05) is 56.6 Å². The molecule has 1 N–H and O–H groups in total. The lowest BCUT2D eigenvalue weighted by Gasteiger charge is -2.27. The van der Waals surface area contributed by atoms with Crippen LogP contribution in [0.15, 0.2) is 66.2 Å². The van der Waals surface area contributed by atoms with Crippen molar-refractivity contribution in [1.29, 1.82) is 0 Å². The van der Waals surface area contributed by atoms with Gasteiger partial charge in [0, 0.05) is 11.3 Å². The smallest absolute Gasteiger partial charge is 0.300 e. The first-order valence-corrected chi connectivity index (χ1v) is 12.6. The monoisotopic (exact) mass is 519 g/mol. The molecule has 3 aromatic rings. The van der Waals surface area contributed by atoms with Crippen LogP contribution in [-0.4, -0.2) is 23.4 Å². The summed E-state index contributed by atoms with van der Waals surface area (Å²) >= 11 is 6.03. The Hall–Kier alpha value is -3.64. The summed E-state index contributed by atoms with van der Waals surface area (Å²) in [7, 11) is 0. The van der Waals surface area contributed by atoms with Crippen LogP contribution in [-0.2, 0) is 21.4 Å². The molecule has 0 aromatic heterocycles. The topological polar surface area (TPSA) is 66.8 Å². The van der Waals surface area contributed by atoms with Gasteiger partial charge in [-0.3, -0.25) is 14.5 Å². The summed E-state index contributed by atoms with van der Waals surface area (Å²) in [5.74, 6) is -1.80. The van der Waals surface area contributed by atoms with Crippen LogP contribution < -0.4 is 9.64 Å². The SMILES string of the molecule is CC(C)(C)c1ccc(C2/C(=C(/O)c3ccc4c(c3)CCCO4)C(=O)C(=O)N2c2ccc(F)c(Cl)c2)cc1. The third kappa shape index (κ3) is 4.51. The number of amides is 1. The van der Waals surface area contributed by atoms with E-state index in [0.717, 1.165) is 35.8 Å². The molecule has 0 bridgehead atoms. The van der Waals surface area contributed by atoms with Gasteiger partial charge in [-0.25, -0.2) is 4.39 Å². The van der Waals surface area contributed by atoms with Crippen molar-refractivity contribution in [1.82, 2.24) is 0 Å². The van der Waals surface area contributed by atoms with Crippen LogP contribution in [0.5, 0.6) is 5.75 Å². The number of anilines is 1. The fraction of sp³-hybridized carbons (Fsp3) is 0.267. The lowest BCUT2D eigenvalue weighted by Crippen LogP contribution is -2.29. The Kier molecular flexibility index (Phi) is 6.32. The van der Waals surface area contributed by atoms with Gasteiger partial charge in [0.05, 0.1) is 23.2 Å². The van der Waals surface area contributed by atoms with Crippen LogP contribution >= 0.6 is 11.6 Å². The minimum Gasteiger partial charge on any atom is -0.507 e. The first-order chi connectivity index (χ1) is 17.6. The fourth-order valence-corrected chi connectivity index (χ4v) is 5.05. The third-order valence-corrected chi connectivity index (χ3v) is 7.19. The van der Waals surface area contributed by atoms with Crippen molar-refractivity contribution in [2.75, 3.05) is 11.5 Å². The molecule has 0 saturated carbocycles. The predicted molar refractivity (Wildman–Crippen MR) is 142 cm³/mol. The number of halogens is 2. The first kappa shape index (κ1) is 25.0. The van der Waals surface area contributed by atoms with Gasteiger partial charge in [-0.2, -0.15) is 0 Å². The molecule has 190 valence electrons. The number of aryl methyl sites for hydroxylation is 1. The summed E-state index contributed by atoms with van der Waals surface area (Å²) in [6.07, 6.45) is 1.64. The second-order valence-corrected chi connectivity index (χ2v) is 10.8. The van der Waals surface area contributed by atoms with E-state index in [4.69, 9.17) is 16.3 Å². The van der Waals surface area contributed by atoms with Gasteiger partial charge in [-0.05, 0) is 71.3 Å². The van der Waals surface area contributed by atoms with E-state index in [1.165, 1.54) is 17.0 Å². The molecule has 0 aliphatic carbocycles. The van der Waals surface area contributed by atoms with E-state index in [9.17, 15) is 19.1 Å². The van der Waals surface area contributed by atoms with Gasteiger partial charge in [0.1, 0.15) is 17.3 Å². The molecule has 5 nitrogen and oxygen atoms in total. The van der Waals surface area contributed by atoms with Gasteiger partial charge < -0.3 is 9.84 Å². The van der Waals surface area contributed by atoms with E-state index in [1.54, 1.807) is 18.2 Å². The Morgan fingerprint density at radius 1 is 1.05 bits per heavy atom. The minimum atomic E-state index is -0.928. The Labute approximate surface area is 220 Å². The molecular formula is C30H27ClFNO4. The van der Waals surface area contributed by atoms with Crippen LogP contribution in [0, 0.1) is 5.82 Å². The maximum Gasteiger partial charge on any atom is 0.300 e. The van der Waals surface area contributed by atoms with E-state index < -0.39 is 23.5 Å². The predicted octanol–water partition coefficient (Wildman–Crippen LogP) is 6.73. The number of aliphatic hydroxyl groups excluding tert-OH is 1. The average Bonchev–Trinajstić information content (AvgIpc) is 3.14. The number of hydrogen-bond donors (Lipinski definition) is 1. The van der Waals surface area contributed by atoms with Gasteiger partial charge >= 0.3 is 0 Å². The van der Waals surface area contributed by atoms with Crippen molar-refractivity contribution in [3.05, 3.63) is 99.3 Å². The van der Waals surface area contributed by atoms with Gasteiger partial charge in [0.15, 0.2) is 0 Å². The molecular weight excluding hydrogens is 493 g/mol. The number of rotatable bonds is 3. The highest BCUT2D eigenvalue weighted by Gasteiger charge is 2.47. The highest BCUT2D eigenvalue weighted by Crippen LogP contribution is 2.43. The molecule has 2 aliphatic heterocycles. The molecule has 1 atom stereocenters. The number of ether oxygens (including phenoxy) is 1. The standard InChI is InChI=1S/C30H27ClFNO4/c1-30(2,3)20-9-6-17(7-10-20)26-25(27(34)19-8-13-24-18(15-19)5-4-14-37-24)28(35)29(36)33(26)21-11-12-23(32)22(31)16-21/h6-13,15-16,26,34H,4-5,14H2,1-3H3/b27-25-. The van der Waals surface area contributed by atoms with Crippen molar-refractivity contribution < 1.29 is 23.8 Å². The van der Waals surface area contributed by atoms with E-state index >= 15 is 0 Å². The first-order valence-electron chi connectivity index (χ1n) is 12.2. The van der Waals surface area contributed by atoms with E-state index in [0.29, 0.717) is 17.7 Å². The Morgan fingerprint density at radius 3 is 2.46 bits per heavy atom. The summed E-state index contributed by atoms with van der Waals surface area (Å²) < 4.78 is 19.6. The molecule has 7 heteroatoms. The molecule has 0 radical (unpaired) electrons. The largest absolute Gasteiger partial charge is 0.507 e. The number of benzene rings is 3. The summed E-state index contributed by atoms with van der Waals surface area (Å²) in [4.78, 5) is 28.0. The minimum absolute atomic E-state index is 0.0365. The van der Waals surface area contributed by atoms with Crippen LogP contribution in [0.1, 0.15) is 55.5 Å². The lowest BCUT2D eigenvalue weighted by atomic mass is 9.85. The Bertz CT molecular complexity index is 1440. The molecule has 2 heterocycles. The fourth-order valence-electron chi connectivity index (χ4n) is 4.88. The van der Waals surface area contributed by atoms with Gasteiger partial charge in [0.25, 0.3) is 11.7 Å². The van der Waals surface area contributed by atoms with Gasteiger partial charge in [-0.15, -0.1) is 0 Å². The summed E-state index contributed by atoms with van der Waals surface area (Å²) in [6.45, 7) is 6.91. The molecule has 37 heavy (non-hydrogen) atoms. The quantitative estimate of drug-likeness (QED) is 0.237. The van der Waals surface area contributed by atoms with Crippen LogP contribution in [0.2, 0.25) is 5.02 Å². The number of ketones is 1. The van der Waals surface area contributed by atoms with Gasteiger partial charge in [0.2, 0.25) is 0 Å². The molecule has 5 rings (SSSR count). The zero-order valence-electron chi connectivity index (χ0n) is 20.8. The third-order valence-electron chi connectivity index (χ3n) is 6.90. The summed E-state index contributed by atoms with van der Waals surface area (Å²) in [6, 6.07) is 15.8. The number of carbonyl (C=O) groups excluding carboxylic acids is 2. The maximum atomic E-state index is 13.9. The van der Waals surface area contributed by atoms with Crippen molar-refractivity contribution in [3.63, 3.8) is 0 Å². The van der Waals surface area contributed by atoms with Crippen molar-refractivity contribution in [2.24, 2.45) is 0 Å².